The number of para-hydroxylation sites is 3. The van der Waals surface area contributed by atoms with Gasteiger partial charge in [-0.25, -0.2) is 9.48 Å². The molecular weight excluding hydrogens is 328 g/mol. The van der Waals surface area contributed by atoms with Gasteiger partial charge in [-0.05, 0) is 30.3 Å². The lowest BCUT2D eigenvalue weighted by Crippen LogP contribution is -2.11. The SMILES string of the molecule is COC(=O)c1ccnn1-c1ccccc1Nc1cnc2ccccc2c1. The first-order chi connectivity index (χ1) is 12.8. The number of benzene rings is 2. The van der Waals surface area contributed by atoms with E-state index in [0.717, 1.165) is 28.0 Å². The fraction of sp³-hybridized carbons (Fsp3) is 0.0500. The first-order valence-electron chi connectivity index (χ1n) is 8.10. The third-order valence-electron chi connectivity index (χ3n) is 4.04. The minimum Gasteiger partial charge on any atom is -0.464 e. The number of carbonyl (C=O) groups is 1. The predicted molar refractivity (Wildman–Crippen MR) is 99.9 cm³/mol. The van der Waals surface area contributed by atoms with E-state index in [4.69, 9.17) is 4.74 Å². The van der Waals surface area contributed by atoms with Crippen molar-refractivity contribution in [3.05, 3.63) is 78.8 Å². The normalized spacial score (nSPS) is 10.7. The van der Waals surface area contributed by atoms with Crippen LogP contribution in [-0.4, -0.2) is 27.8 Å². The Bertz CT molecular complexity index is 1090. The molecule has 0 aliphatic heterocycles. The molecule has 4 rings (SSSR count). The van der Waals surface area contributed by atoms with Crippen LogP contribution in [0.1, 0.15) is 10.5 Å². The number of nitrogens with one attached hydrogen (secondary N) is 1. The van der Waals surface area contributed by atoms with E-state index in [9.17, 15) is 4.79 Å². The van der Waals surface area contributed by atoms with Gasteiger partial charge >= 0.3 is 5.97 Å². The van der Waals surface area contributed by atoms with Crippen molar-refractivity contribution in [2.24, 2.45) is 0 Å². The van der Waals surface area contributed by atoms with Crippen LogP contribution in [0, 0.1) is 0 Å². The molecule has 0 aliphatic rings. The second kappa shape index (κ2) is 6.68. The van der Waals surface area contributed by atoms with Crippen molar-refractivity contribution < 1.29 is 9.53 Å². The van der Waals surface area contributed by atoms with E-state index in [-0.39, 0.29) is 0 Å². The van der Waals surface area contributed by atoms with E-state index in [1.54, 1.807) is 23.1 Å². The van der Waals surface area contributed by atoms with E-state index in [0.29, 0.717) is 5.69 Å². The molecule has 0 amide bonds. The Kier molecular flexibility index (Phi) is 4.07. The van der Waals surface area contributed by atoms with Crippen molar-refractivity contribution in [3.8, 4) is 5.69 Å². The maximum Gasteiger partial charge on any atom is 0.356 e. The third-order valence-corrected chi connectivity index (χ3v) is 4.04. The third kappa shape index (κ3) is 2.88. The molecule has 0 atom stereocenters. The highest BCUT2D eigenvalue weighted by molar-refractivity contribution is 5.89. The van der Waals surface area contributed by atoms with E-state index in [1.165, 1.54) is 7.11 Å². The lowest BCUT2D eigenvalue weighted by molar-refractivity contribution is 0.0590. The summed E-state index contributed by atoms with van der Waals surface area (Å²) < 4.78 is 6.39. The van der Waals surface area contributed by atoms with Gasteiger partial charge in [0.2, 0.25) is 0 Å². The summed E-state index contributed by atoms with van der Waals surface area (Å²) in [5.74, 6) is -0.440. The minimum atomic E-state index is -0.440. The number of pyridine rings is 1. The Morgan fingerprint density at radius 3 is 2.77 bits per heavy atom. The zero-order valence-corrected chi connectivity index (χ0v) is 14.1. The highest BCUT2D eigenvalue weighted by Crippen LogP contribution is 2.26. The molecule has 0 radical (unpaired) electrons. The number of hydrogen-bond donors (Lipinski definition) is 1. The topological polar surface area (TPSA) is 69.0 Å². The van der Waals surface area contributed by atoms with Gasteiger partial charge in [0.05, 0.1) is 42.1 Å². The molecule has 2 heterocycles. The summed E-state index contributed by atoms with van der Waals surface area (Å²) in [6.07, 6.45) is 3.35. The quantitative estimate of drug-likeness (QED) is 0.568. The van der Waals surface area contributed by atoms with Gasteiger partial charge in [0.1, 0.15) is 0 Å². The average Bonchev–Trinajstić information content (AvgIpc) is 3.17. The predicted octanol–water partition coefficient (Wildman–Crippen LogP) is 3.95. The molecule has 0 fully saturated rings. The Labute approximate surface area is 150 Å². The van der Waals surface area contributed by atoms with E-state index < -0.39 is 5.97 Å². The van der Waals surface area contributed by atoms with Crippen LogP contribution in [0.3, 0.4) is 0 Å². The minimum absolute atomic E-state index is 0.360. The first kappa shape index (κ1) is 15.8. The van der Waals surface area contributed by atoms with Crippen LogP contribution < -0.4 is 5.32 Å². The van der Waals surface area contributed by atoms with Gasteiger partial charge in [0.25, 0.3) is 0 Å². The van der Waals surface area contributed by atoms with Crippen LogP contribution >= 0.6 is 0 Å². The largest absolute Gasteiger partial charge is 0.464 e. The number of esters is 1. The summed E-state index contributed by atoms with van der Waals surface area (Å²) >= 11 is 0. The van der Waals surface area contributed by atoms with Crippen LogP contribution in [0.5, 0.6) is 0 Å². The number of fused-ring (bicyclic) bond motifs is 1. The Morgan fingerprint density at radius 1 is 1.08 bits per heavy atom. The molecule has 4 aromatic rings. The fourth-order valence-electron chi connectivity index (χ4n) is 2.81. The number of rotatable bonds is 4. The monoisotopic (exact) mass is 344 g/mol. The van der Waals surface area contributed by atoms with Crippen molar-refractivity contribution in [3.63, 3.8) is 0 Å². The average molecular weight is 344 g/mol. The summed E-state index contributed by atoms with van der Waals surface area (Å²) in [5.41, 5.74) is 3.69. The second-order valence-electron chi connectivity index (χ2n) is 5.68. The molecule has 1 N–H and O–H groups in total. The molecule has 26 heavy (non-hydrogen) atoms. The number of aromatic nitrogens is 3. The number of nitrogens with zero attached hydrogens (tertiary/aromatic N) is 3. The van der Waals surface area contributed by atoms with Crippen LogP contribution in [0.4, 0.5) is 11.4 Å². The maximum absolute atomic E-state index is 12.0. The van der Waals surface area contributed by atoms with Gasteiger partial charge < -0.3 is 10.1 Å². The Hall–Kier alpha value is -3.67. The molecule has 0 saturated carbocycles. The van der Waals surface area contributed by atoms with Gasteiger partial charge in [-0.3, -0.25) is 4.98 Å². The molecule has 0 saturated heterocycles. The van der Waals surface area contributed by atoms with Gasteiger partial charge in [0.15, 0.2) is 5.69 Å². The molecule has 6 heteroatoms. The summed E-state index contributed by atoms with van der Waals surface area (Å²) in [5, 5.41) is 8.68. The van der Waals surface area contributed by atoms with E-state index in [1.807, 2.05) is 54.6 Å². The molecule has 6 nitrogen and oxygen atoms in total. The molecule has 0 aliphatic carbocycles. The van der Waals surface area contributed by atoms with Crippen molar-refractivity contribution in [2.45, 2.75) is 0 Å². The van der Waals surface area contributed by atoms with Gasteiger partial charge in [0, 0.05) is 5.39 Å². The highest BCUT2D eigenvalue weighted by atomic mass is 16.5. The number of hydrogen-bond acceptors (Lipinski definition) is 5. The van der Waals surface area contributed by atoms with Crippen molar-refractivity contribution in [1.82, 2.24) is 14.8 Å². The zero-order valence-electron chi connectivity index (χ0n) is 14.1. The number of carbonyl (C=O) groups excluding carboxylic acids is 1. The van der Waals surface area contributed by atoms with Crippen molar-refractivity contribution in [2.75, 3.05) is 12.4 Å². The molecule has 128 valence electrons. The van der Waals surface area contributed by atoms with Gasteiger partial charge in [-0.1, -0.05) is 30.3 Å². The smallest absolute Gasteiger partial charge is 0.356 e. The standard InChI is InChI=1S/C20H16N4O2/c1-26-20(25)19-10-11-22-24(19)18-9-5-4-8-17(18)23-15-12-14-6-2-3-7-16(14)21-13-15/h2-13,23H,1H3. The fourth-order valence-corrected chi connectivity index (χ4v) is 2.81. The van der Waals surface area contributed by atoms with Crippen molar-refractivity contribution in [1.29, 1.82) is 0 Å². The van der Waals surface area contributed by atoms with Crippen LogP contribution in [-0.2, 0) is 4.74 Å². The van der Waals surface area contributed by atoms with Crippen LogP contribution in [0.15, 0.2) is 73.1 Å². The molecule has 0 spiro atoms. The molecule has 0 bridgehead atoms. The first-order valence-corrected chi connectivity index (χ1v) is 8.10. The molecule has 0 unspecified atom stereocenters. The van der Waals surface area contributed by atoms with E-state index in [2.05, 4.69) is 15.4 Å². The summed E-state index contributed by atoms with van der Waals surface area (Å²) in [7, 11) is 1.35. The molecule has 2 aromatic heterocycles. The Morgan fingerprint density at radius 2 is 1.88 bits per heavy atom. The number of ether oxygens (including phenoxy) is 1. The van der Waals surface area contributed by atoms with Gasteiger partial charge in [-0.15, -0.1) is 0 Å². The molecule has 2 aromatic carbocycles. The van der Waals surface area contributed by atoms with E-state index >= 15 is 0 Å². The second-order valence-corrected chi connectivity index (χ2v) is 5.68. The summed E-state index contributed by atoms with van der Waals surface area (Å²) in [6, 6.07) is 19.2. The number of anilines is 2. The van der Waals surface area contributed by atoms with Crippen molar-refractivity contribution >= 4 is 28.2 Å². The van der Waals surface area contributed by atoms with Gasteiger partial charge in [-0.2, -0.15) is 5.10 Å². The van der Waals surface area contributed by atoms with Crippen LogP contribution in [0.25, 0.3) is 16.6 Å². The Balaban J connectivity index is 1.74. The number of methoxy groups -OCH3 is 1. The zero-order chi connectivity index (χ0) is 17.9. The van der Waals surface area contributed by atoms with Crippen LogP contribution in [0.2, 0.25) is 0 Å². The summed E-state index contributed by atoms with van der Waals surface area (Å²) in [6.45, 7) is 0. The molecular formula is C20H16N4O2. The summed E-state index contributed by atoms with van der Waals surface area (Å²) in [4.78, 5) is 16.4. The lowest BCUT2D eigenvalue weighted by atomic mass is 10.2. The maximum atomic E-state index is 12.0. The lowest BCUT2D eigenvalue weighted by Gasteiger charge is -2.14. The highest BCUT2D eigenvalue weighted by Gasteiger charge is 2.16.